The number of hydrogen-bond acceptors (Lipinski definition) is 3. The van der Waals surface area contributed by atoms with Crippen LogP contribution >= 0.6 is 0 Å². The Labute approximate surface area is 97.1 Å². The molecule has 0 saturated heterocycles. The number of aliphatic carboxylic acids is 1. The van der Waals surface area contributed by atoms with Crippen molar-refractivity contribution < 1.29 is 9.90 Å². The molecule has 1 aromatic carbocycles. The van der Waals surface area contributed by atoms with E-state index in [0.29, 0.717) is 16.5 Å². The van der Waals surface area contributed by atoms with Crippen LogP contribution in [0.15, 0.2) is 29.1 Å². The zero-order valence-electron chi connectivity index (χ0n) is 9.52. The lowest BCUT2D eigenvalue weighted by Gasteiger charge is -2.19. The SMILES string of the molecule is CC(C)(C(=O)O)c1n[nH]c(=O)c2ccccc12. The fourth-order valence-corrected chi connectivity index (χ4v) is 1.69. The molecule has 0 fully saturated rings. The molecule has 0 spiro atoms. The first-order valence-corrected chi connectivity index (χ1v) is 5.16. The standard InChI is InChI=1S/C12H12N2O3/c1-12(2,11(16)17)9-7-5-3-4-6-8(7)10(15)14-13-9/h3-6H,1-2H3,(H,14,15)(H,16,17). The summed E-state index contributed by atoms with van der Waals surface area (Å²) < 4.78 is 0. The van der Waals surface area contributed by atoms with Crippen LogP contribution in [0.25, 0.3) is 10.8 Å². The van der Waals surface area contributed by atoms with Crippen LogP contribution in [0.3, 0.4) is 0 Å². The zero-order valence-corrected chi connectivity index (χ0v) is 9.52. The molecule has 0 radical (unpaired) electrons. The van der Waals surface area contributed by atoms with Crippen molar-refractivity contribution in [3.8, 4) is 0 Å². The van der Waals surface area contributed by atoms with Gasteiger partial charge in [-0.2, -0.15) is 5.10 Å². The summed E-state index contributed by atoms with van der Waals surface area (Å²) in [6.45, 7) is 3.12. The maximum Gasteiger partial charge on any atom is 0.315 e. The van der Waals surface area contributed by atoms with Gasteiger partial charge in [0.05, 0.1) is 11.1 Å². The van der Waals surface area contributed by atoms with Crippen molar-refractivity contribution in [1.29, 1.82) is 0 Å². The summed E-state index contributed by atoms with van der Waals surface area (Å²) in [7, 11) is 0. The molecule has 0 aliphatic heterocycles. The van der Waals surface area contributed by atoms with Gasteiger partial charge in [0.2, 0.25) is 0 Å². The first-order valence-electron chi connectivity index (χ1n) is 5.16. The van der Waals surface area contributed by atoms with Crippen LogP contribution < -0.4 is 5.56 Å². The monoisotopic (exact) mass is 232 g/mol. The quantitative estimate of drug-likeness (QED) is 0.817. The van der Waals surface area contributed by atoms with Gasteiger partial charge < -0.3 is 5.11 Å². The third kappa shape index (κ3) is 1.69. The van der Waals surface area contributed by atoms with Crippen molar-refractivity contribution in [2.24, 2.45) is 0 Å². The van der Waals surface area contributed by atoms with Gasteiger partial charge in [0.25, 0.3) is 5.56 Å². The summed E-state index contributed by atoms with van der Waals surface area (Å²) in [6, 6.07) is 6.84. The van der Waals surface area contributed by atoms with Gasteiger partial charge in [-0.1, -0.05) is 18.2 Å². The molecule has 0 bridgehead atoms. The maximum atomic E-state index is 11.6. The summed E-state index contributed by atoms with van der Waals surface area (Å²) in [4.78, 5) is 22.8. The molecule has 0 amide bonds. The smallest absolute Gasteiger partial charge is 0.315 e. The van der Waals surface area contributed by atoms with Crippen molar-refractivity contribution in [3.63, 3.8) is 0 Å². The van der Waals surface area contributed by atoms with E-state index in [4.69, 9.17) is 0 Å². The van der Waals surface area contributed by atoms with Crippen molar-refractivity contribution in [2.45, 2.75) is 19.3 Å². The molecule has 2 rings (SSSR count). The van der Waals surface area contributed by atoms with Gasteiger partial charge in [-0.05, 0) is 19.9 Å². The van der Waals surface area contributed by atoms with Crippen LogP contribution in [0.1, 0.15) is 19.5 Å². The first-order chi connectivity index (χ1) is 7.94. The Bertz CT molecular complexity index is 643. The average Bonchev–Trinajstić information content (AvgIpc) is 2.29. The van der Waals surface area contributed by atoms with E-state index >= 15 is 0 Å². The molecule has 0 atom stereocenters. The molecular weight excluding hydrogens is 220 g/mol. The minimum absolute atomic E-state index is 0.314. The Morgan fingerprint density at radius 1 is 1.29 bits per heavy atom. The zero-order chi connectivity index (χ0) is 12.6. The van der Waals surface area contributed by atoms with Gasteiger partial charge in [0.15, 0.2) is 0 Å². The van der Waals surface area contributed by atoms with Crippen molar-refractivity contribution in [1.82, 2.24) is 10.2 Å². The van der Waals surface area contributed by atoms with Gasteiger partial charge in [-0.25, -0.2) is 5.10 Å². The Morgan fingerprint density at radius 2 is 1.88 bits per heavy atom. The average molecular weight is 232 g/mol. The van der Waals surface area contributed by atoms with Crippen LogP contribution in [0, 0.1) is 0 Å². The molecule has 0 aliphatic rings. The fraction of sp³-hybridized carbons (Fsp3) is 0.250. The predicted octanol–water partition coefficient (Wildman–Crippen LogP) is 1.29. The van der Waals surface area contributed by atoms with Crippen LogP contribution in [-0.4, -0.2) is 21.3 Å². The molecular formula is C12H12N2O3. The van der Waals surface area contributed by atoms with Crippen molar-refractivity contribution in [3.05, 3.63) is 40.3 Å². The highest BCUT2D eigenvalue weighted by molar-refractivity contribution is 5.90. The van der Waals surface area contributed by atoms with E-state index in [2.05, 4.69) is 10.2 Å². The van der Waals surface area contributed by atoms with Gasteiger partial charge >= 0.3 is 5.97 Å². The lowest BCUT2D eigenvalue weighted by molar-refractivity contribution is -0.142. The van der Waals surface area contributed by atoms with E-state index in [9.17, 15) is 14.7 Å². The lowest BCUT2D eigenvalue weighted by Crippen LogP contribution is -2.31. The molecule has 5 nitrogen and oxygen atoms in total. The van der Waals surface area contributed by atoms with E-state index in [1.54, 1.807) is 38.1 Å². The number of hydrogen-bond donors (Lipinski definition) is 2. The fourth-order valence-electron chi connectivity index (χ4n) is 1.69. The second-order valence-corrected chi connectivity index (χ2v) is 4.38. The second-order valence-electron chi connectivity index (χ2n) is 4.38. The number of H-pyrrole nitrogens is 1. The third-order valence-electron chi connectivity index (χ3n) is 2.82. The number of benzene rings is 1. The topological polar surface area (TPSA) is 83.0 Å². The van der Waals surface area contributed by atoms with Gasteiger partial charge in [0, 0.05) is 5.39 Å². The minimum Gasteiger partial charge on any atom is -0.481 e. The largest absolute Gasteiger partial charge is 0.481 e. The number of carbonyl (C=O) groups is 1. The van der Waals surface area contributed by atoms with Crippen molar-refractivity contribution >= 4 is 16.7 Å². The predicted molar refractivity (Wildman–Crippen MR) is 63.0 cm³/mol. The molecule has 0 saturated carbocycles. The highest BCUT2D eigenvalue weighted by Gasteiger charge is 2.33. The number of aromatic amines is 1. The number of aromatic nitrogens is 2. The molecule has 0 aliphatic carbocycles. The molecule has 17 heavy (non-hydrogen) atoms. The Hall–Kier alpha value is -2.17. The Morgan fingerprint density at radius 3 is 2.47 bits per heavy atom. The van der Waals surface area contributed by atoms with Gasteiger partial charge in [-0.3, -0.25) is 9.59 Å². The van der Waals surface area contributed by atoms with Crippen LogP contribution in [0.5, 0.6) is 0 Å². The van der Waals surface area contributed by atoms with E-state index < -0.39 is 11.4 Å². The van der Waals surface area contributed by atoms with Gasteiger partial charge in [0.1, 0.15) is 5.41 Å². The van der Waals surface area contributed by atoms with Crippen LogP contribution in [0.4, 0.5) is 0 Å². The number of fused-ring (bicyclic) bond motifs is 1. The summed E-state index contributed by atoms with van der Waals surface area (Å²) in [5.74, 6) is -0.984. The van der Waals surface area contributed by atoms with Crippen LogP contribution in [-0.2, 0) is 10.2 Å². The number of rotatable bonds is 2. The van der Waals surface area contributed by atoms with Gasteiger partial charge in [-0.15, -0.1) is 0 Å². The van der Waals surface area contributed by atoms with E-state index in [0.717, 1.165) is 0 Å². The number of nitrogens with zero attached hydrogens (tertiary/aromatic N) is 1. The lowest BCUT2D eigenvalue weighted by atomic mass is 9.86. The first kappa shape index (κ1) is 11.3. The highest BCUT2D eigenvalue weighted by atomic mass is 16.4. The number of nitrogens with one attached hydrogen (secondary N) is 1. The summed E-state index contributed by atoms with van der Waals surface area (Å²) >= 11 is 0. The third-order valence-corrected chi connectivity index (χ3v) is 2.82. The Kier molecular flexibility index (Phi) is 2.46. The number of carboxylic acid groups (broad SMARTS) is 1. The summed E-state index contributed by atoms with van der Waals surface area (Å²) in [6.07, 6.45) is 0. The maximum absolute atomic E-state index is 11.6. The van der Waals surface area contributed by atoms with Crippen molar-refractivity contribution in [2.75, 3.05) is 0 Å². The molecule has 5 heteroatoms. The molecule has 1 aromatic heterocycles. The molecule has 2 N–H and O–H groups in total. The summed E-state index contributed by atoms with van der Waals surface area (Å²) in [5.41, 5.74) is -1.10. The number of carboxylic acids is 1. The summed E-state index contributed by atoms with van der Waals surface area (Å²) in [5, 5.41) is 16.4. The highest BCUT2D eigenvalue weighted by Crippen LogP contribution is 2.26. The minimum atomic E-state index is -1.15. The molecule has 1 heterocycles. The van der Waals surface area contributed by atoms with E-state index in [-0.39, 0.29) is 5.56 Å². The Balaban J connectivity index is 2.85. The molecule has 0 unspecified atom stereocenters. The van der Waals surface area contributed by atoms with E-state index in [1.807, 2.05) is 0 Å². The second kappa shape index (κ2) is 3.69. The molecule has 2 aromatic rings. The van der Waals surface area contributed by atoms with E-state index in [1.165, 1.54) is 0 Å². The molecule has 88 valence electrons. The normalized spacial score (nSPS) is 11.6. The van der Waals surface area contributed by atoms with Crippen LogP contribution in [0.2, 0.25) is 0 Å².